The van der Waals surface area contributed by atoms with Gasteiger partial charge in [-0.25, -0.2) is 0 Å². The van der Waals surface area contributed by atoms with Gasteiger partial charge in [-0.1, -0.05) is 6.92 Å². The van der Waals surface area contributed by atoms with E-state index in [-0.39, 0.29) is 17.7 Å². The first-order valence-electron chi connectivity index (χ1n) is 8.25. The second kappa shape index (κ2) is 6.03. The number of anilines is 1. The van der Waals surface area contributed by atoms with Gasteiger partial charge in [0.05, 0.1) is 9.88 Å². The van der Waals surface area contributed by atoms with Gasteiger partial charge in [0.15, 0.2) is 0 Å². The normalized spacial score (nSPS) is 24.6. The minimum Gasteiger partial charge on any atom is -0.332 e. The van der Waals surface area contributed by atoms with E-state index < -0.39 is 0 Å². The monoisotopic (exact) mass is 320 g/mol. The van der Waals surface area contributed by atoms with E-state index in [2.05, 4.69) is 19.2 Å². The van der Waals surface area contributed by atoms with Gasteiger partial charge >= 0.3 is 0 Å². The summed E-state index contributed by atoms with van der Waals surface area (Å²) in [4.78, 5) is 27.6. The molecule has 0 aromatic carbocycles. The lowest BCUT2D eigenvalue weighted by molar-refractivity contribution is -0.117. The van der Waals surface area contributed by atoms with Gasteiger partial charge in [-0.05, 0) is 57.6 Å². The molecule has 0 bridgehead atoms. The third-order valence-electron chi connectivity index (χ3n) is 4.80. The molecule has 3 rings (SSSR count). The van der Waals surface area contributed by atoms with Gasteiger partial charge in [-0.15, -0.1) is 11.3 Å². The highest BCUT2D eigenvalue weighted by molar-refractivity contribution is 7.18. The van der Waals surface area contributed by atoms with Gasteiger partial charge in [-0.3, -0.25) is 9.59 Å². The molecule has 2 heterocycles. The van der Waals surface area contributed by atoms with Crippen LogP contribution >= 0.6 is 11.3 Å². The molecule has 120 valence electrons. The Kier molecular flexibility index (Phi) is 4.26. The SMILES string of the molecule is CC[C@@H]1CC[C@H](C)N1C(=O)c1sc(NC(=O)C2CC2)cc1C. The van der Waals surface area contributed by atoms with Crippen LogP contribution in [-0.2, 0) is 4.79 Å². The summed E-state index contributed by atoms with van der Waals surface area (Å²) >= 11 is 1.42. The van der Waals surface area contributed by atoms with Crippen LogP contribution in [0.25, 0.3) is 0 Å². The highest BCUT2D eigenvalue weighted by atomic mass is 32.1. The van der Waals surface area contributed by atoms with Gasteiger partial charge in [0.2, 0.25) is 5.91 Å². The Morgan fingerprint density at radius 1 is 1.32 bits per heavy atom. The number of carbonyl (C=O) groups excluding carboxylic acids is 2. The van der Waals surface area contributed by atoms with E-state index in [0.29, 0.717) is 12.1 Å². The maximum Gasteiger partial charge on any atom is 0.264 e. The molecule has 1 N–H and O–H groups in total. The van der Waals surface area contributed by atoms with Crippen molar-refractivity contribution in [3.8, 4) is 0 Å². The van der Waals surface area contributed by atoms with E-state index in [9.17, 15) is 9.59 Å². The van der Waals surface area contributed by atoms with Gasteiger partial charge in [0.1, 0.15) is 0 Å². The Hall–Kier alpha value is -1.36. The molecular formula is C17H24N2O2S. The van der Waals surface area contributed by atoms with E-state index in [1.54, 1.807) is 0 Å². The number of thiophene rings is 1. The summed E-state index contributed by atoms with van der Waals surface area (Å²) in [6, 6.07) is 2.59. The molecular weight excluding hydrogens is 296 g/mol. The minimum atomic E-state index is 0.0984. The molecule has 2 fully saturated rings. The van der Waals surface area contributed by atoms with Crippen LogP contribution < -0.4 is 5.32 Å². The molecule has 22 heavy (non-hydrogen) atoms. The van der Waals surface area contributed by atoms with Crippen molar-refractivity contribution in [3.05, 3.63) is 16.5 Å². The van der Waals surface area contributed by atoms with Crippen LogP contribution in [0.5, 0.6) is 0 Å². The second-order valence-electron chi connectivity index (χ2n) is 6.59. The van der Waals surface area contributed by atoms with Crippen molar-refractivity contribution in [3.63, 3.8) is 0 Å². The number of nitrogens with one attached hydrogen (secondary N) is 1. The fourth-order valence-corrected chi connectivity index (χ4v) is 4.30. The first kappa shape index (κ1) is 15.5. The van der Waals surface area contributed by atoms with Gasteiger partial charge in [0, 0.05) is 18.0 Å². The van der Waals surface area contributed by atoms with Crippen LogP contribution in [0.4, 0.5) is 5.00 Å². The first-order chi connectivity index (χ1) is 10.5. The highest BCUT2D eigenvalue weighted by Crippen LogP contribution is 2.35. The van der Waals surface area contributed by atoms with Crippen LogP contribution in [0.3, 0.4) is 0 Å². The molecule has 0 unspecified atom stereocenters. The molecule has 5 heteroatoms. The summed E-state index contributed by atoms with van der Waals surface area (Å²) < 4.78 is 0. The summed E-state index contributed by atoms with van der Waals surface area (Å²) in [6.45, 7) is 6.23. The Bertz CT molecular complexity index is 591. The minimum absolute atomic E-state index is 0.0984. The van der Waals surface area contributed by atoms with Crippen molar-refractivity contribution in [2.75, 3.05) is 5.32 Å². The number of amides is 2. The van der Waals surface area contributed by atoms with Crippen molar-refractivity contribution >= 4 is 28.2 Å². The maximum absolute atomic E-state index is 12.9. The van der Waals surface area contributed by atoms with E-state index in [4.69, 9.17) is 0 Å². The van der Waals surface area contributed by atoms with Crippen LogP contribution in [-0.4, -0.2) is 28.8 Å². The van der Waals surface area contributed by atoms with Gasteiger partial charge in [-0.2, -0.15) is 0 Å². The lowest BCUT2D eigenvalue weighted by Gasteiger charge is -2.27. The van der Waals surface area contributed by atoms with Crippen molar-refractivity contribution in [1.29, 1.82) is 0 Å². The summed E-state index contributed by atoms with van der Waals surface area (Å²) in [5, 5.41) is 3.76. The molecule has 1 aromatic rings. The summed E-state index contributed by atoms with van der Waals surface area (Å²) in [5.74, 6) is 0.414. The van der Waals surface area contributed by atoms with E-state index in [0.717, 1.165) is 47.5 Å². The van der Waals surface area contributed by atoms with Crippen molar-refractivity contribution in [1.82, 2.24) is 4.90 Å². The Balaban J connectivity index is 1.77. The number of carbonyl (C=O) groups is 2. The predicted molar refractivity (Wildman–Crippen MR) is 89.4 cm³/mol. The standard InChI is InChI=1S/C17H24N2O2S/c1-4-13-8-5-11(3)19(13)17(21)15-10(2)9-14(22-15)18-16(20)12-6-7-12/h9,11-13H,4-8H2,1-3H3,(H,18,20)/t11-,13+/m0/s1. The molecule has 1 saturated heterocycles. The molecule has 2 amide bonds. The number of aryl methyl sites for hydroxylation is 1. The number of likely N-dealkylation sites (tertiary alicyclic amines) is 1. The van der Waals surface area contributed by atoms with E-state index in [1.807, 2.05) is 17.9 Å². The average molecular weight is 320 g/mol. The zero-order valence-corrected chi connectivity index (χ0v) is 14.3. The number of hydrogen-bond donors (Lipinski definition) is 1. The number of rotatable bonds is 4. The zero-order chi connectivity index (χ0) is 15.9. The molecule has 0 spiro atoms. The Labute approximate surface area is 135 Å². The molecule has 1 aliphatic heterocycles. The third-order valence-corrected chi connectivity index (χ3v) is 5.94. The van der Waals surface area contributed by atoms with E-state index >= 15 is 0 Å². The van der Waals surface area contributed by atoms with Crippen LogP contribution in [0.15, 0.2) is 6.07 Å². The smallest absolute Gasteiger partial charge is 0.264 e. The lowest BCUT2D eigenvalue weighted by Crippen LogP contribution is -2.39. The van der Waals surface area contributed by atoms with Crippen LogP contribution in [0, 0.1) is 12.8 Å². The number of hydrogen-bond acceptors (Lipinski definition) is 3. The lowest BCUT2D eigenvalue weighted by atomic mass is 10.1. The topological polar surface area (TPSA) is 49.4 Å². The number of nitrogens with zero attached hydrogens (tertiary/aromatic N) is 1. The molecule has 1 aliphatic carbocycles. The Morgan fingerprint density at radius 3 is 2.68 bits per heavy atom. The largest absolute Gasteiger partial charge is 0.332 e. The molecule has 4 nitrogen and oxygen atoms in total. The summed E-state index contributed by atoms with van der Waals surface area (Å²) in [6.07, 6.45) is 5.17. The van der Waals surface area contributed by atoms with Crippen LogP contribution in [0.1, 0.15) is 61.2 Å². The first-order valence-corrected chi connectivity index (χ1v) is 9.06. The molecule has 2 atom stereocenters. The van der Waals surface area contributed by atoms with Gasteiger partial charge < -0.3 is 10.2 Å². The fraction of sp³-hybridized carbons (Fsp3) is 0.647. The molecule has 1 aromatic heterocycles. The van der Waals surface area contributed by atoms with Crippen molar-refractivity contribution < 1.29 is 9.59 Å². The van der Waals surface area contributed by atoms with Crippen molar-refractivity contribution in [2.24, 2.45) is 5.92 Å². The second-order valence-corrected chi connectivity index (χ2v) is 7.64. The molecule has 1 saturated carbocycles. The maximum atomic E-state index is 12.9. The van der Waals surface area contributed by atoms with Gasteiger partial charge in [0.25, 0.3) is 5.91 Å². The van der Waals surface area contributed by atoms with Crippen LogP contribution in [0.2, 0.25) is 0 Å². The summed E-state index contributed by atoms with van der Waals surface area (Å²) in [7, 11) is 0. The molecule has 0 radical (unpaired) electrons. The van der Waals surface area contributed by atoms with E-state index in [1.165, 1.54) is 11.3 Å². The molecule has 2 aliphatic rings. The predicted octanol–water partition coefficient (Wildman–Crippen LogP) is 3.81. The highest BCUT2D eigenvalue weighted by Gasteiger charge is 2.35. The quantitative estimate of drug-likeness (QED) is 0.917. The summed E-state index contributed by atoms with van der Waals surface area (Å²) in [5.41, 5.74) is 0.968. The average Bonchev–Trinajstić information content (AvgIpc) is 3.18. The Morgan fingerprint density at radius 2 is 2.05 bits per heavy atom. The third kappa shape index (κ3) is 2.91. The zero-order valence-electron chi connectivity index (χ0n) is 13.5. The van der Waals surface area contributed by atoms with Crippen molar-refractivity contribution in [2.45, 2.75) is 65.0 Å². The fourth-order valence-electron chi connectivity index (χ4n) is 3.28.